The van der Waals surface area contributed by atoms with Crippen LogP contribution in [0.15, 0.2) is 54.6 Å². The first-order valence-electron chi connectivity index (χ1n) is 11.3. The molecule has 34 heavy (non-hydrogen) atoms. The molecule has 7 nitrogen and oxygen atoms in total. The maximum atomic E-state index is 13.4. The summed E-state index contributed by atoms with van der Waals surface area (Å²) in [5.41, 5.74) is 1.06. The van der Waals surface area contributed by atoms with Gasteiger partial charge in [0.25, 0.3) is 0 Å². The fourth-order valence-corrected chi connectivity index (χ4v) is 5.28. The second kappa shape index (κ2) is 8.76. The van der Waals surface area contributed by atoms with E-state index < -0.39 is 23.5 Å². The normalized spacial score (nSPS) is 26.6. The number of likely N-dealkylation sites (tertiary alicyclic amines) is 1. The first kappa shape index (κ1) is 22.4. The predicted molar refractivity (Wildman–Crippen MR) is 122 cm³/mol. The Balaban J connectivity index is 1.25. The summed E-state index contributed by atoms with van der Waals surface area (Å²) in [5.74, 6) is -0.429. The van der Waals surface area contributed by atoms with Crippen LogP contribution < -0.4 is 14.8 Å². The number of ether oxygens (including phenoxy) is 3. The summed E-state index contributed by atoms with van der Waals surface area (Å²) in [7, 11) is 3.18. The summed E-state index contributed by atoms with van der Waals surface area (Å²) >= 11 is 0. The van der Waals surface area contributed by atoms with Crippen LogP contribution in [-0.2, 0) is 27.3 Å². The Morgan fingerprint density at radius 2 is 1.88 bits per heavy atom. The van der Waals surface area contributed by atoms with Crippen LogP contribution in [0, 0.1) is 17.7 Å². The molecule has 1 N–H and O–H groups in total. The fourth-order valence-electron chi connectivity index (χ4n) is 5.28. The Morgan fingerprint density at radius 1 is 1.15 bits per heavy atom. The number of carbonyl (C=O) groups is 2. The van der Waals surface area contributed by atoms with Crippen molar-refractivity contribution in [3.05, 3.63) is 71.6 Å². The van der Waals surface area contributed by atoms with Crippen molar-refractivity contribution in [3.8, 4) is 11.5 Å². The van der Waals surface area contributed by atoms with E-state index in [2.05, 4.69) is 5.32 Å². The molecule has 2 fully saturated rings. The first-order chi connectivity index (χ1) is 16.4. The van der Waals surface area contributed by atoms with Crippen molar-refractivity contribution < 1.29 is 28.2 Å². The molecule has 178 valence electrons. The summed E-state index contributed by atoms with van der Waals surface area (Å²) in [6.07, 6.45) is 4.07. The minimum Gasteiger partial charge on any atom is -0.493 e. The largest absolute Gasteiger partial charge is 0.493 e. The number of carbonyl (C=O) groups excluding carboxylic acids is 2. The van der Waals surface area contributed by atoms with Gasteiger partial charge in [0, 0.05) is 13.1 Å². The van der Waals surface area contributed by atoms with Gasteiger partial charge < -0.3 is 24.4 Å². The van der Waals surface area contributed by atoms with Gasteiger partial charge in [0.1, 0.15) is 11.4 Å². The monoisotopic (exact) mass is 466 g/mol. The van der Waals surface area contributed by atoms with Crippen LogP contribution in [0.3, 0.4) is 0 Å². The molecule has 0 saturated carbocycles. The van der Waals surface area contributed by atoms with Crippen molar-refractivity contribution in [1.29, 1.82) is 0 Å². The summed E-state index contributed by atoms with van der Waals surface area (Å²) in [6, 6.07) is 11.7. The molecule has 2 aromatic carbocycles. The molecule has 5 rings (SSSR count). The van der Waals surface area contributed by atoms with E-state index in [1.54, 1.807) is 31.3 Å². The van der Waals surface area contributed by atoms with Gasteiger partial charge in [-0.05, 0) is 41.8 Å². The lowest BCUT2D eigenvalue weighted by Crippen LogP contribution is -2.44. The molecule has 2 aromatic rings. The molecule has 3 heterocycles. The Kier molecular flexibility index (Phi) is 5.77. The topological polar surface area (TPSA) is 77.1 Å². The molecular weight excluding hydrogens is 439 g/mol. The summed E-state index contributed by atoms with van der Waals surface area (Å²) in [5, 5.41) is 2.90. The second-order valence-corrected chi connectivity index (χ2v) is 8.94. The maximum Gasteiger partial charge on any atom is 0.230 e. The van der Waals surface area contributed by atoms with Gasteiger partial charge in [0.15, 0.2) is 11.5 Å². The molecule has 2 bridgehead atoms. The van der Waals surface area contributed by atoms with Gasteiger partial charge in [-0.25, -0.2) is 4.39 Å². The van der Waals surface area contributed by atoms with Crippen LogP contribution in [0.5, 0.6) is 11.5 Å². The van der Waals surface area contributed by atoms with Crippen LogP contribution in [-0.4, -0.2) is 55.7 Å². The van der Waals surface area contributed by atoms with Gasteiger partial charge in [0.05, 0.1) is 38.7 Å². The first-order valence-corrected chi connectivity index (χ1v) is 11.3. The van der Waals surface area contributed by atoms with Crippen LogP contribution in [0.4, 0.5) is 4.39 Å². The fraction of sp³-hybridized carbons (Fsp3) is 0.385. The predicted octanol–water partition coefficient (Wildman–Crippen LogP) is 2.48. The summed E-state index contributed by atoms with van der Waals surface area (Å²) in [6.45, 7) is 1.21. The van der Waals surface area contributed by atoms with Crippen LogP contribution >= 0.6 is 0 Å². The third-order valence-electron chi connectivity index (χ3n) is 6.98. The molecule has 0 aromatic heterocycles. The highest BCUT2D eigenvalue weighted by atomic mass is 19.1. The smallest absolute Gasteiger partial charge is 0.230 e. The zero-order valence-electron chi connectivity index (χ0n) is 19.1. The van der Waals surface area contributed by atoms with Crippen molar-refractivity contribution in [2.45, 2.75) is 24.7 Å². The quantitative estimate of drug-likeness (QED) is 0.605. The van der Waals surface area contributed by atoms with Gasteiger partial charge in [-0.1, -0.05) is 30.4 Å². The van der Waals surface area contributed by atoms with Crippen LogP contribution in [0.2, 0.25) is 0 Å². The highest BCUT2D eigenvalue weighted by Crippen LogP contribution is 2.51. The molecule has 3 aliphatic rings. The standard InChI is InChI=1S/C26H27FN2O5/c1-32-19-8-5-16(13-21(19)33-2)10-12-29-15-26-11-9-20(34-26)22(23(26)25(29)31)24(30)28-14-17-3-6-18(27)7-4-17/h3-9,11,13,20,22-23H,10,12,14-15H2,1-2H3,(H,28,30)/t20-,22-,23-,26-/m0/s1. The van der Waals surface area contributed by atoms with Gasteiger partial charge in [-0.15, -0.1) is 0 Å². The number of hydrogen-bond donors (Lipinski definition) is 1. The maximum absolute atomic E-state index is 13.4. The van der Waals surface area contributed by atoms with Gasteiger partial charge in [-0.2, -0.15) is 0 Å². The minimum atomic E-state index is -0.753. The highest BCUT2D eigenvalue weighted by molar-refractivity contribution is 5.93. The van der Waals surface area contributed by atoms with Gasteiger partial charge >= 0.3 is 0 Å². The van der Waals surface area contributed by atoms with Crippen LogP contribution in [0.1, 0.15) is 11.1 Å². The number of nitrogens with zero attached hydrogens (tertiary/aromatic N) is 1. The number of methoxy groups -OCH3 is 2. The summed E-state index contributed by atoms with van der Waals surface area (Å²) < 4.78 is 30.0. The number of fused-ring (bicyclic) bond motifs is 1. The van der Waals surface area contributed by atoms with E-state index in [1.165, 1.54) is 12.1 Å². The third kappa shape index (κ3) is 3.81. The van der Waals surface area contributed by atoms with E-state index in [4.69, 9.17) is 14.2 Å². The zero-order chi connectivity index (χ0) is 23.9. The number of rotatable bonds is 8. The zero-order valence-corrected chi connectivity index (χ0v) is 19.1. The lowest BCUT2D eigenvalue weighted by atomic mass is 9.77. The number of halogens is 1. The van der Waals surface area contributed by atoms with Crippen molar-refractivity contribution >= 4 is 11.8 Å². The van der Waals surface area contributed by atoms with Crippen molar-refractivity contribution in [3.63, 3.8) is 0 Å². The lowest BCUT2D eigenvalue weighted by molar-refractivity contribution is -0.137. The average molecular weight is 467 g/mol. The highest BCUT2D eigenvalue weighted by Gasteiger charge is 2.66. The van der Waals surface area contributed by atoms with E-state index in [1.807, 2.05) is 30.4 Å². The molecule has 2 amide bonds. The van der Waals surface area contributed by atoms with E-state index in [9.17, 15) is 14.0 Å². The molecule has 8 heteroatoms. The average Bonchev–Trinajstić information content (AvgIpc) is 3.50. The summed E-state index contributed by atoms with van der Waals surface area (Å²) in [4.78, 5) is 28.3. The van der Waals surface area contributed by atoms with Crippen molar-refractivity contribution in [2.75, 3.05) is 27.3 Å². The third-order valence-corrected chi connectivity index (χ3v) is 6.98. The molecule has 0 aliphatic carbocycles. The molecule has 0 radical (unpaired) electrons. The van der Waals surface area contributed by atoms with Crippen molar-refractivity contribution in [2.24, 2.45) is 11.8 Å². The van der Waals surface area contributed by atoms with Gasteiger partial charge in [-0.3, -0.25) is 9.59 Å². The molecular formula is C26H27FN2O5. The Morgan fingerprint density at radius 3 is 2.62 bits per heavy atom. The van der Waals surface area contributed by atoms with E-state index in [-0.39, 0.29) is 24.2 Å². The molecule has 1 spiro atoms. The minimum absolute atomic E-state index is 0.0609. The number of hydrogen-bond acceptors (Lipinski definition) is 5. The number of benzene rings is 2. The van der Waals surface area contributed by atoms with Crippen LogP contribution in [0.25, 0.3) is 0 Å². The SMILES string of the molecule is COc1ccc(CCN2C[C@]34C=C[C@H](O3)[C@H](C(=O)NCc3ccc(F)cc3)[C@H]4C2=O)cc1OC. The van der Waals surface area contributed by atoms with E-state index >= 15 is 0 Å². The molecule has 3 aliphatic heterocycles. The Bertz CT molecular complexity index is 1130. The second-order valence-electron chi connectivity index (χ2n) is 8.94. The lowest BCUT2D eigenvalue weighted by Gasteiger charge is -2.23. The van der Waals surface area contributed by atoms with Gasteiger partial charge in [0.2, 0.25) is 11.8 Å². The van der Waals surface area contributed by atoms with E-state index in [0.717, 1.165) is 11.1 Å². The molecule has 4 atom stereocenters. The molecule has 0 unspecified atom stereocenters. The Labute approximate surface area is 197 Å². The number of amides is 2. The van der Waals surface area contributed by atoms with E-state index in [0.29, 0.717) is 31.0 Å². The molecule has 2 saturated heterocycles. The number of nitrogens with one attached hydrogen (secondary N) is 1. The Hall–Kier alpha value is -3.39. The van der Waals surface area contributed by atoms with Crippen molar-refractivity contribution in [1.82, 2.24) is 10.2 Å².